The van der Waals surface area contributed by atoms with E-state index in [0.29, 0.717) is 5.65 Å². The fourth-order valence-corrected chi connectivity index (χ4v) is 4.70. The van der Waals surface area contributed by atoms with Gasteiger partial charge < -0.3 is 0 Å². The Bertz CT molecular complexity index is 969. The van der Waals surface area contributed by atoms with Crippen molar-refractivity contribution >= 4 is 17.4 Å². The van der Waals surface area contributed by atoms with Crippen molar-refractivity contribution in [3.8, 4) is 5.69 Å². The molecule has 3 aromatic rings. The van der Waals surface area contributed by atoms with Crippen LogP contribution in [0, 0.1) is 19.8 Å². The first-order valence-corrected chi connectivity index (χ1v) is 9.79. The number of aryl methyl sites for hydroxylation is 2. The van der Waals surface area contributed by atoms with Crippen LogP contribution in [0.1, 0.15) is 36.8 Å². The molecule has 1 fully saturated rings. The lowest BCUT2D eigenvalue weighted by Gasteiger charge is -2.10. The molecule has 5 nitrogen and oxygen atoms in total. The van der Waals surface area contributed by atoms with E-state index in [2.05, 4.69) is 23.2 Å². The zero-order chi connectivity index (χ0) is 17.4. The molecule has 0 spiro atoms. The van der Waals surface area contributed by atoms with E-state index in [1.807, 2.05) is 35.9 Å². The van der Waals surface area contributed by atoms with Gasteiger partial charge in [-0.2, -0.15) is 0 Å². The average Bonchev–Trinajstić information content (AvgIpc) is 3.24. The Balaban J connectivity index is 1.68. The number of fused-ring (bicyclic) bond motifs is 1. The van der Waals surface area contributed by atoms with Crippen LogP contribution in [0.15, 0.2) is 40.5 Å². The van der Waals surface area contributed by atoms with Crippen molar-refractivity contribution in [3.05, 3.63) is 52.1 Å². The molecule has 1 aliphatic carbocycles. The van der Waals surface area contributed by atoms with Gasteiger partial charge in [0.1, 0.15) is 0 Å². The molecule has 0 aliphatic heterocycles. The highest BCUT2D eigenvalue weighted by atomic mass is 32.2. The van der Waals surface area contributed by atoms with Crippen molar-refractivity contribution in [2.45, 2.75) is 44.7 Å². The maximum atomic E-state index is 12.9. The fraction of sp³-hybridized carbons (Fsp3) is 0.421. The molecule has 0 bridgehead atoms. The van der Waals surface area contributed by atoms with E-state index in [-0.39, 0.29) is 5.56 Å². The smallest absolute Gasteiger partial charge is 0.279 e. The monoisotopic (exact) mass is 354 g/mol. The van der Waals surface area contributed by atoms with Crippen molar-refractivity contribution < 1.29 is 0 Å². The van der Waals surface area contributed by atoms with Crippen molar-refractivity contribution in [3.63, 3.8) is 0 Å². The van der Waals surface area contributed by atoms with Crippen molar-refractivity contribution in [2.24, 2.45) is 5.92 Å². The minimum Gasteiger partial charge on any atom is -0.279 e. The van der Waals surface area contributed by atoms with Gasteiger partial charge in [0.05, 0.1) is 5.69 Å². The van der Waals surface area contributed by atoms with E-state index >= 15 is 0 Å². The van der Waals surface area contributed by atoms with Crippen LogP contribution in [0.4, 0.5) is 0 Å². The summed E-state index contributed by atoms with van der Waals surface area (Å²) >= 11 is 1.71. The van der Waals surface area contributed by atoms with E-state index in [1.165, 1.54) is 31.2 Å². The second-order valence-electron chi connectivity index (χ2n) is 6.90. The third-order valence-electron chi connectivity index (χ3n) is 4.97. The van der Waals surface area contributed by atoms with Crippen LogP contribution in [0.3, 0.4) is 0 Å². The summed E-state index contributed by atoms with van der Waals surface area (Å²) < 4.78 is 3.48. The van der Waals surface area contributed by atoms with Gasteiger partial charge in [0.25, 0.3) is 0 Å². The first kappa shape index (κ1) is 16.4. The lowest BCUT2D eigenvalue weighted by atomic mass is 10.1. The number of thioether (sulfide) groups is 1. The lowest BCUT2D eigenvalue weighted by Crippen LogP contribution is -2.21. The first-order valence-electron chi connectivity index (χ1n) is 8.80. The number of hydrogen-bond donors (Lipinski definition) is 0. The van der Waals surface area contributed by atoms with Crippen LogP contribution in [0.2, 0.25) is 0 Å². The third-order valence-corrected chi connectivity index (χ3v) is 6.15. The molecule has 2 heterocycles. The van der Waals surface area contributed by atoms with Crippen LogP contribution >= 0.6 is 11.8 Å². The Kier molecular flexibility index (Phi) is 4.37. The number of nitrogens with zero attached hydrogens (tertiary/aromatic N) is 4. The SMILES string of the molecule is Cc1ccc(-n2ccn3c(SCC4CCCC4)nnc3c2=O)c(C)c1. The highest BCUT2D eigenvalue weighted by Gasteiger charge is 2.18. The predicted octanol–water partition coefficient (Wildman–Crippen LogP) is 3.78. The van der Waals surface area contributed by atoms with Gasteiger partial charge in [-0.05, 0) is 44.2 Å². The molecular formula is C19H22N4OS. The van der Waals surface area contributed by atoms with Gasteiger partial charge in [-0.15, -0.1) is 10.2 Å². The van der Waals surface area contributed by atoms with Crippen LogP contribution in [0.25, 0.3) is 11.3 Å². The molecule has 0 saturated heterocycles. The Morgan fingerprint density at radius 2 is 1.96 bits per heavy atom. The summed E-state index contributed by atoms with van der Waals surface area (Å²) in [4.78, 5) is 12.9. The second kappa shape index (κ2) is 6.67. The molecule has 130 valence electrons. The van der Waals surface area contributed by atoms with Gasteiger partial charge in [-0.1, -0.05) is 42.3 Å². The molecule has 4 rings (SSSR count). The molecule has 1 saturated carbocycles. The molecule has 0 radical (unpaired) electrons. The molecule has 1 aromatic carbocycles. The lowest BCUT2D eigenvalue weighted by molar-refractivity contribution is 0.622. The van der Waals surface area contributed by atoms with Gasteiger partial charge in [0.15, 0.2) is 5.16 Å². The number of aromatic nitrogens is 4. The van der Waals surface area contributed by atoms with Crippen molar-refractivity contribution in [2.75, 3.05) is 5.75 Å². The largest absolute Gasteiger partial charge is 0.300 e. The molecule has 0 N–H and O–H groups in total. The van der Waals surface area contributed by atoms with E-state index in [9.17, 15) is 4.79 Å². The summed E-state index contributed by atoms with van der Waals surface area (Å²) in [5, 5.41) is 9.22. The molecule has 25 heavy (non-hydrogen) atoms. The van der Waals surface area contributed by atoms with Gasteiger partial charge in [0.2, 0.25) is 5.65 Å². The van der Waals surface area contributed by atoms with Crippen LogP contribution < -0.4 is 5.56 Å². The minimum atomic E-state index is -0.130. The highest BCUT2D eigenvalue weighted by Crippen LogP contribution is 2.30. The predicted molar refractivity (Wildman–Crippen MR) is 101 cm³/mol. The van der Waals surface area contributed by atoms with E-state index in [4.69, 9.17) is 0 Å². The summed E-state index contributed by atoms with van der Waals surface area (Å²) in [7, 11) is 0. The summed E-state index contributed by atoms with van der Waals surface area (Å²) in [6, 6.07) is 6.08. The Morgan fingerprint density at radius 3 is 2.72 bits per heavy atom. The van der Waals surface area contributed by atoms with E-state index in [1.54, 1.807) is 16.3 Å². The normalized spacial score (nSPS) is 15.3. The number of rotatable bonds is 4. The maximum Gasteiger partial charge on any atom is 0.300 e. The first-order chi connectivity index (χ1) is 12.1. The van der Waals surface area contributed by atoms with Gasteiger partial charge in [-0.25, -0.2) is 0 Å². The molecule has 2 aromatic heterocycles. The van der Waals surface area contributed by atoms with Crippen LogP contribution in [-0.2, 0) is 0 Å². The van der Waals surface area contributed by atoms with E-state index in [0.717, 1.165) is 28.1 Å². The van der Waals surface area contributed by atoms with Crippen LogP contribution in [-0.4, -0.2) is 24.9 Å². The van der Waals surface area contributed by atoms with Crippen molar-refractivity contribution in [1.29, 1.82) is 0 Å². The zero-order valence-electron chi connectivity index (χ0n) is 14.6. The van der Waals surface area contributed by atoms with Crippen molar-refractivity contribution in [1.82, 2.24) is 19.2 Å². The second-order valence-corrected chi connectivity index (χ2v) is 7.89. The summed E-state index contributed by atoms with van der Waals surface area (Å²) in [6.45, 7) is 4.07. The molecule has 1 aliphatic rings. The van der Waals surface area contributed by atoms with Gasteiger partial charge >= 0.3 is 5.56 Å². The molecular weight excluding hydrogens is 332 g/mol. The number of benzene rings is 1. The van der Waals surface area contributed by atoms with Gasteiger partial charge in [0, 0.05) is 18.1 Å². The van der Waals surface area contributed by atoms with E-state index < -0.39 is 0 Å². The average molecular weight is 354 g/mol. The summed E-state index contributed by atoms with van der Waals surface area (Å²) in [5.74, 6) is 1.83. The quantitative estimate of drug-likeness (QED) is 0.669. The maximum absolute atomic E-state index is 12.9. The Morgan fingerprint density at radius 1 is 1.16 bits per heavy atom. The number of hydrogen-bond acceptors (Lipinski definition) is 4. The van der Waals surface area contributed by atoms with Gasteiger partial charge in [-0.3, -0.25) is 13.8 Å². The zero-order valence-corrected chi connectivity index (χ0v) is 15.4. The fourth-order valence-electron chi connectivity index (χ4n) is 3.60. The minimum absolute atomic E-state index is 0.130. The Labute approximate surface area is 151 Å². The third kappa shape index (κ3) is 3.11. The molecule has 0 unspecified atom stereocenters. The Hall–Kier alpha value is -2.08. The molecule has 0 amide bonds. The van der Waals surface area contributed by atoms with Crippen LogP contribution in [0.5, 0.6) is 0 Å². The molecule has 0 atom stereocenters. The summed E-state index contributed by atoms with van der Waals surface area (Å²) in [5.41, 5.74) is 3.40. The summed E-state index contributed by atoms with van der Waals surface area (Å²) in [6.07, 6.45) is 9.01. The standard InChI is InChI=1S/C19H22N4OS/c1-13-7-8-16(14(2)11-13)22-9-10-23-17(18(22)24)20-21-19(23)25-12-15-5-3-4-6-15/h7-11,15H,3-6,12H2,1-2H3. The molecule has 6 heteroatoms. The topological polar surface area (TPSA) is 52.2 Å². The highest BCUT2D eigenvalue weighted by molar-refractivity contribution is 7.99.